The first-order chi connectivity index (χ1) is 4.83. The van der Waals surface area contributed by atoms with Crippen LogP contribution in [0.25, 0.3) is 6.08 Å². The first-order valence-corrected chi connectivity index (χ1v) is 3.31. The molecule has 2 N–H and O–H groups in total. The predicted molar refractivity (Wildman–Crippen MR) is 45.6 cm³/mol. The number of anilines is 1. The fourth-order valence-electron chi connectivity index (χ4n) is 0.855. The second-order valence-corrected chi connectivity index (χ2v) is 2.17. The second-order valence-electron chi connectivity index (χ2n) is 2.17. The van der Waals surface area contributed by atoms with Crippen LogP contribution in [0.3, 0.4) is 0 Å². The molecule has 0 spiro atoms. The van der Waals surface area contributed by atoms with Gasteiger partial charge in [0, 0.05) is 5.69 Å². The molecular formula is C9H11N. The van der Waals surface area contributed by atoms with Crippen molar-refractivity contribution in [3.05, 3.63) is 35.9 Å². The number of hydrogen-bond donors (Lipinski definition) is 1. The van der Waals surface area contributed by atoms with Gasteiger partial charge in [-0.25, -0.2) is 0 Å². The van der Waals surface area contributed by atoms with Gasteiger partial charge in [0.15, 0.2) is 0 Å². The minimum atomic E-state index is 0.815. The smallest absolute Gasteiger partial charge is 0.0319 e. The summed E-state index contributed by atoms with van der Waals surface area (Å²) in [5.41, 5.74) is 7.53. The fourth-order valence-corrected chi connectivity index (χ4v) is 0.855. The summed E-state index contributed by atoms with van der Waals surface area (Å²) in [6.45, 7) is 1.99. The number of rotatable bonds is 1. The number of hydrogen-bond acceptors (Lipinski definition) is 1. The molecule has 0 aromatic heterocycles. The first kappa shape index (κ1) is 6.87. The van der Waals surface area contributed by atoms with E-state index < -0.39 is 0 Å². The Bertz CT molecular complexity index is 238. The Kier molecular flexibility index (Phi) is 2.11. The summed E-state index contributed by atoms with van der Waals surface area (Å²) in [4.78, 5) is 0. The van der Waals surface area contributed by atoms with Crippen LogP contribution in [-0.2, 0) is 0 Å². The highest BCUT2D eigenvalue weighted by atomic mass is 14.5. The summed E-state index contributed by atoms with van der Waals surface area (Å²) >= 11 is 0. The normalized spacial score (nSPS) is 10.5. The highest BCUT2D eigenvalue weighted by molar-refractivity contribution is 5.55. The maximum absolute atomic E-state index is 5.55. The van der Waals surface area contributed by atoms with Gasteiger partial charge in [0.1, 0.15) is 0 Å². The Labute approximate surface area is 61.2 Å². The maximum Gasteiger partial charge on any atom is 0.0319 e. The summed E-state index contributed by atoms with van der Waals surface area (Å²) in [6, 6.07) is 7.80. The topological polar surface area (TPSA) is 26.0 Å². The van der Waals surface area contributed by atoms with Crippen molar-refractivity contribution in [3.8, 4) is 0 Å². The molecule has 0 unspecified atom stereocenters. The molecule has 0 aliphatic carbocycles. The molecule has 0 amide bonds. The molecule has 1 heteroatoms. The third-order valence-corrected chi connectivity index (χ3v) is 1.27. The molecule has 0 heterocycles. The van der Waals surface area contributed by atoms with Crippen molar-refractivity contribution in [2.24, 2.45) is 0 Å². The van der Waals surface area contributed by atoms with Crippen molar-refractivity contribution in [2.45, 2.75) is 6.92 Å². The van der Waals surface area contributed by atoms with Crippen molar-refractivity contribution in [2.75, 3.05) is 5.73 Å². The van der Waals surface area contributed by atoms with E-state index in [1.54, 1.807) is 0 Å². The summed E-state index contributed by atoms with van der Waals surface area (Å²) in [7, 11) is 0. The molecular weight excluding hydrogens is 122 g/mol. The standard InChI is InChI=1S/C9H11N/c1-2-4-8-5-3-6-9(10)7-8/h2-7H,10H2,1H3/b4-2+. The van der Waals surface area contributed by atoms with Crippen LogP contribution in [0.2, 0.25) is 0 Å². The van der Waals surface area contributed by atoms with Gasteiger partial charge >= 0.3 is 0 Å². The van der Waals surface area contributed by atoms with E-state index in [4.69, 9.17) is 5.73 Å². The Morgan fingerprint density at radius 2 is 2.20 bits per heavy atom. The number of nitrogen functional groups attached to an aromatic ring is 1. The minimum Gasteiger partial charge on any atom is -0.399 e. The summed E-state index contributed by atoms with van der Waals surface area (Å²) in [5, 5.41) is 0. The average molecular weight is 133 g/mol. The molecule has 0 aliphatic heterocycles. The van der Waals surface area contributed by atoms with E-state index in [9.17, 15) is 0 Å². The molecule has 0 radical (unpaired) electrons. The largest absolute Gasteiger partial charge is 0.399 e. The summed E-state index contributed by atoms with van der Waals surface area (Å²) < 4.78 is 0. The molecule has 1 nitrogen and oxygen atoms in total. The highest BCUT2D eigenvalue weighted by Gasteiger charge is 1.84. The lowest BCUT2D eigenvalue weighted by Gasteiger charge is -1.93. The van der Waals surface area contributed by atoms with Crippen LogP contribution in [0.1, 0.15) is 12.5 Å². The van der Waals surface area contributed by atoms with Crippen molar-refractivity contribution in [3.63, 3.8) is 0 Å². The van der Waals surface area contributed by atoms with Crippen LogP contribution in [-0.4, -0.2) is 0 Å². The van der Waals surface area contributed by atoms with E-state index >= 15 is 0 Å². The molecule has 0 saturated carbocycles. The quantitative estimate of drug-likeness (QED) is 0.584. The van der Waals surface area contributed by atoms with Crippen LogP contribution in [0.4, 0.5) is 5.69 Å². The molecule has 0 fully saturated rings. The molecule has 0 aliphatic rings. The lowest BCUT2D eigenvalue weighted by atomic mass is 10.2. The van der Waals surface area contributed by atoms with Crippen molar-refractivity contribution < 1.29 is 0 Å². The third-order valence-electron chi connectivity index (χ3n) is 1.27. The molecule has 10 heavy (non-hydrogen) atoms. The van der Waals surface area contributed by atoms with E-state index in [0.717, 1.165) is 11.3 Å². The molecule has 0 saturated heterocycles. The van der Waals surface area contributed by atoms with Gasteiger partial charge in [0.25, 0.3) is 0 Å². The first-order valence-electron chi connectivity index (χ1n) is 3.31. The summed E-state index contributed by atoms with van der Waals surface area (Å²) in [6.07, 6.45) is 4.02. The van der Waals surface area contributed by atoms with Crippen LogP contribution in [0, 0.1) is 0 Å². The molecule has 0 atom stereocenters. The lowest BCUT2D eigenvalue weighted by molar-refractivity contribution is 1.63. The fraction of sp³-hybridized carbons (Fsp3) is 0.111. The zero-order valence-electron chi connectivity index (χ0n) is 6.04. The molecule has 1 rings (SSSR count). The zero-order valence-corrected chi connectivity index (χ0v) is 6.04. The van der Waals surface area contributed by atoms with Gasteiger partial charge in [-0.3, -0.25) is 0 Å². The third kappa shape index (κ3) is 1.62. The SMILES string of the molecule is C/C=C/c1cccc(N)c1. The van der Waals surface area contributed by atoms with Gasteiger partial charge in [0.05, 0.1) is 0 Å². The van der Waals surface area contributed by atoms with Crippen LogP contribution in [0.5, 0.6) is 0 Å². The Morgan fingerprint density at radius 3 is 2.80 bits per heavy atom. The lowest BCUT2D eigenvalue weighted by Crippen LogP contribution is -1.83. The molecule has 52 valence electrons. The van der Waals surface area contributed by atoms with Gasteiger partial charge in [-0.1, -0.05) is 24.3 Å². The van der Waals surface area contributed by atoms with Gasteiger partial charge in [-0.15, -0.1) is 0 Å². The average Bonchev–Trinajstić information content (AvgIpc) is 1.88. The maximum atomic E-state index is 5.55. The second kappa shape index (κ2) is 3.06. The van der Waals surface area contributed by atoms with Gasteiger partial charge in [0.2, 0.25) is 0 Å². The number of allylic oxidation sites excluding steroid dienone is 1. The van der Waals surface area contributed by atoms with Crippen molar-refractivity contribution in [1.29, 1.82) is 0 Å². The van der Waals surface area contributed by atoms with E-state index in [1.807, 2.05) is 43.3 Å². The van der Waals surface area contributed by atoms with Gasteiger partial charge in [-0.05, 0) is 24.6 Å². The zero-order chi connectivity index (χ0) is 7.40. The number of nitrogens with two attached hydrogens (primary N) is 1. The predicted octanol–water partition coefficient (Wildman–Crippen LogP) is 2.30. The van der Waals surface area contributed by atoms with E-state index in [2.05, 4.69) is 0 Å². The number of benzene rings is 1. The minimum absolute atomic E-state index is 0.815. The van der Waals surface area contributed by atoms with Crippen LogP contribution in [0.15, 0.2) is 30.3 Å². The van der Waals surface area contributed by atoms with E-state index in [0.29, 0.717) is 0 Å². The van der Waals surface area contributed by atoms with Crippen molar-refractivity contribution in [1.82, 2.24) is 0 Å². The van der Waals surface area contributed by atoms with Gasteiger partial charge < -0.3 is 5.73 Å². The van der Waals surface area contributed by atoms with Crippen LogP contribution >= 0.6 is 0 Å². The Morgan fingerprint density at radius 1 is 1.40 bits per heavy atom. The van der Waals surface area contributed by atoms with E-state index in [-0.39, 0.29) is 0 Å². The Hall–Kier alpha value is -1.24. The van der Waals surface area contributed by atoms with E-state index in [1.165, 1.54) is 0 Å². The molecule has 1 aromatic carbocycles. The monoisotopic (exact) mass is 133 g/mol. The highest BCUT2D eigenvalue weighted by Crippen LogP contribution is 2.07. The van der Waals surface area contributed by atoms with Gasteiger partial charge in [-0.2, -0.15) is 0 Å². The van der Waals surface area contributed by atoms with Crippen molar-refractivity contribution >= 4 is 11.8 Å². The summed E-state index contributed by atoms with van der Waals surface area (Å²) in [5.74, 6) is 0. The van der Waals surface area contributed by atoms with Crippen LogP contribution < -0.4 is 5.73 Å². The molecule has 0 bridgehead atoms. The molecule has 1 aromatic rings. The Balaban J connectivity index is 2.95.